The maximum absolute atomic E-state index is 13.1. The van der Waals surface area contributed by atoms with E-state index in [1.54, 1.807) is 11.5 Å². The standard InChI is InChI=1S/C21H29N11O8P2/c1-7-13(33)14(19(35)31-5-28-12-17(31)29-21(24)30-18(12)34)40-42(36,37)38-2-9-10(22)8(3-41-7)20(39-9)32-6-27-11-15(23)25-4-26-16(11)32/h4-10,13-14,19-20,33,35,41H,2-3,22H2,1H3,(H,36,37)(H2,23,25,26)(H3,24,29,30,34)/t7?,8-,9-,10+,13-,14-,19-,20-/m1/s1. The van der Waals surface area contributed by atoms with Crippen LogP contribution in [0.15, 0.2) is 23.8 Å². The van der Waals surface area contributed by atoms with Crippen LogP contribution in [-0.2, 0) is 18.3 Å². The second-order valence-corrected chi connectivity index (χ2v) is 13.2. The largest absolute Gasteiger partial charge is 0.472 e. The lowest BCUT2D eigenvalue weighted by Crippen LogP contribution is -2.44. The van der Waals surface area contributed by atoms with Gasteiger partial charge < -0.3 is 37.0 Å². The van der Waals surface area contributed by atoms with E-state index in [9.17, 15) is 24.5 Å². The Labute approximate surface area is 237 Å². The number of imidazole rings is 2. The molecule has 2 bridgehead atoms. The summed E-state index contributed by atoms with van der Waals surface area (Å²) in [4.78, 5) is 45.6. The summed E-state index contributed by atoms with van der Waals surface area (Å²) in [6.45, 7) is 1.26. The number of nitrogens with zero attached hydrogens (tertiary/aromatic N) is 7. The zero-order valence-corrected chi connectivity index (χ0v) is 23.9. The Morgan fingerprint density at radius 1 is 1.19 bits per heavy atom. The van der Waals surface area contributed by atoms with Gasteiger partial charge >= 0.3 is 7.82 Å². The zero-order chi connectivity index (χ0) is 29.9. The number of aromatic amines is 1. The third-order valence-corrected chi connectivity index (χ3v) is 10.2. The van der Waals surface area contributed by atoms with Crippen molar-refractivity contribution in [3.8, 4) is 0 Å². The van der Waals surface area contributed by atoms with Gasteiger partial charge in [-0.15, -0.1) is 8.58 Å². The van der Waals surface area contributed by atoms with Crippen molar-refractivity contribution < 1.29 is 33.5 Å². The molecule has 21 heteroatoms. The van der Waals surface area contributed by atoms with Crippen LogP contribution in [0.3, 0.4) is 0 Å². The van der Waals surface area contributed by atoms with Crippen LogP contribution in [0.2, 0.25) is 0 Å². The first-order valence-electron chi connectivity index (χ1n) is 12.8. The number of hydrogen-bond donors (Lipinski definition) is 7. The fourth-order valence-electron chi connectivity index (χ4n) is 5.22. The number of anilines is 2. The van der Waals surface area contributed by atoms with Crippen molar-refractivity contribution in [2.75, 3.05) is 24.2 Å². The lowest BCUT2D eigenvalue weighted by Gasteiger charge is -2.33. The maximum atomic E-state index is 13.1. The molecule has 42 heavy (non-hydrogen) atoms. The smallest absolute Gasteiger partial charge is 0.390 e. The summed E-state index contributed by atoms with van der Waals surface area (Å²) < 4.78 is 32.6. The second kappa shape index (κ2) is 10.9. The van der Waals surface area contributed by atoms with Crippen molar-refractivity contribution in [2.45, 2.75) is 49.4 Å². The number of aromatic nitrogens is 8. The molecule has 10 N–H and O–H groups in total. The molecule has 0 amide bonds. The number of ether oxygens (including phenoxy) is 1. The van der Waals surface area contributed by atoms with E-state index in [-0.39, 0.29) is 37.4 Å². The van der Waals surface area contributed by atoms with Gasteiger partial charge in [-0.3, -0.25) is 28.0 Å². The van der Waals surface area contributed by atoms with Crippen molar-refractivity contribution in [3.63, 3.8) is 0 Å². The van der Waals surface area contributed by atoms with Gasteiger partial charge in [0.1, 0.15) is 24.2 Å². The number of H-pyrrole nitrogens is 1. The zero-order valence-electron chi connectivity index (χ0n) is 22.0. The summed E-state index contributed by atoms with van der Waals surface area (Å²) in [6.07, 6.45) is -2.17. The lowest BCUT2D eigenvalue weighted by molar-refractivity contribution is -0.0906. The highest BCUT2D eigenvalue weighted by Gasteiger charge is 2.47. The molecular formula is C21H29N11O8P2. The van der Waals surface area contributed by atoms with Gasteiger partial charge in [0, 0.05) is 17.6 Å². The van der Waals surface area contributed by atoms with E-state index in [4.69, 9.17) is 31.0 Å². The summed E-state index contributed by atoms with van der Waals surface area (Å²) >= 11 is 0. The van der Waals surface area contributed by atoms with Gasteiger partial charge in [-0.2, -0.15) is 4.98 Å². The predicted octanol–water partition coefficient (Wildman–Crippen LogP) is -1.60. The van der Waals surface area contributed by atoms with Gasteiger partial charge in [0.05, 0.1) is 31.5 Å². The maximum Gasteiger partial charge on any atom is 0.472 e. The number of nitrogens with one attached hydrogen (secondary N) is 1. The highest BCUT2D eigenvalue weighted by molar-refractivity contribution is 7.47. The third-order valence-electron chi connectivity index (χ3n) is 7.48. The average molecular weight is 625 g/mol. The van der Waals surface area contributed by atoms with E-state index >= 15 is 0 Å². The van der Waals surface area contributed by atoms with Gasteiger partial charge in [-0.05, 0) is 6.16 Å². The van der Waals surface area contributed by atoms with Gasteiger partial charge in [0.15, 0.2) is 28.9 Å². The quantitative estimate of drug-likeness (QED) is 0.126. The minimum atomic E-state index is -4.93. The number of aliphatic hydroxyl groups excluding tert-OH is 2. The van der Waals surface area contributed by atoms with E-state index < -0.39 is 62.5 Å². The van der Waals surface area contributed by atoms with Crippen LogP contribution in [0.25, 0.3) is 22.3 Å². The van der Waals surface area contributed by atoms with Gasteiger partial charge in [0.2, 0.25) is 5.95 Å². The Kier molecular flexibility index (Phi) is 7.49. The van der Waals surface area contributed by atoms with Crippen LogP contribution in [0.4, 0.5) is 11.8 Å². The second-order valence-electron chi connectivity index (χ2n) is 10.1. The van der Waals surface area contributed by atoms with Crippen LogP contribution >= 0.6 is 16.4 Å². The van der Waals surface area contributed by atoms with Crippen molar-refractivity contribution in [2.24, 2.45) is 11.7 Å². The Balaban J connectivity index is 1.32. The van der Waals surface area contributed by atoms with Crippen LogP contribution in [0.5, 0.6) is 0 Å². The van der Waals surface area contributed by atoms with Crippen LogP contribution in [0, 0.1) is 5.92 Å². The normalized spacial score (nSPS) is 34.0. The lowest BCUT2D eigenvalue weighted by atomic mass is 10.00. The molecular weight excluding hydrogens is 596 g/mol. The summed E-state index contributed by atoms with van der Waals surface area (Å²) in [6, 6.07) is -0.628. The fourth-order valence-corrected chi connectivity index (χ4v) is 7.71. The molecule has 0 aliphatic carbocycles. The Bertz CT molecular complexity index is 1730. The number of phosphoric ester groups is 1. The molecule has 6 rings (SSSR count). The molecule has 0 radical (unpaired) electrons. The molecule has 2 aliphatic rings. The Hall–Kier alpha value is -3.12. The van der Waals surface area contributed by atoms with E-state index in [1.807, 2.05) is 0 Å². The number of phosphoric acid groups is 1. The molecule has 3 unspecified atom stereocenters. The summed E-state index contributed by atoms with van der Waals surface area (Å²) in [7, 11) is -4.90. The van der Waals surface area contributed by atoms with Crippen LogP contribution < -0.4 is 22.8 Å². The van der Waals surface area contributed by atoms with E-state index in [1.165, 1.54) is 12.7 Å². The molecule has 0 saturated carbocycles. The molecule has 2 saturated heterocycles. The van der Waals surface area contributed by atoms with Gasteiger partial charge in [-0.25, -0.2) is 24.5 Å². The number of aliphatic hydroxyl groups is 2. The minimum Gasteiger partial charge on any atom is -0.390 e. The average Bonchev–Trinajstić information content (AvgIpc) is 3.64. The minimum absolute atomic E-state index is 0.0295. The SMILES string of the molecule is CC1PC[C@@H]2[C@H](N)[C@@H](COP(=O)(O)O[C@@H]([C@@H](O)n3cnc4c(=O)[nH]c(N)nc43)[C@@H]1O)O[C@H]2n1cnc2c(N)ncnc21. The highest BCUT2D eigenvalue weighted by atomic mass is 31.2. The first-order chi connectivity index (χ1) is 19.9. The predicted molar refractivity (Wildman–Crippen MR) is 148 cm³/mol. The number of rotatable bonds is 3. The molecule has 6 heterocycles. The number of nitrogens with two attached hydrogens (primary N) is 3. The molecule has 4 aromatic heterocycles. The molecule has 19 nitrogen and oxygen atoms in total. The summed E-state index contributed by atoms with van der Waals surface area (Å²) in [5.41, 5.74) is 17.5. The van der Waals surface area contributed by atoms with Gasteiger partial charge in [-0.1, -0.05) is 6.92 Å². The fraction of sp³-hybridized carbons (Fsp3) is 0.524. The van der Waals surface area contributed by atoms with E-state index in [0.717, 1.165) is 10.9 Å². The summed E-state index contributed by atoms with van der Waals surface area (Å²) in [5, 5.41) is 22.6. The van der Waals surface area contributed by atoms with Crippen molar-refractivity contribution in [1.82, 2.24) is 39.0 Å². The van der Waals surface area contributed by atoms with Crippen LogP contribution in [-0.4, -0.2) is 96.9 Å². The number of fused-ring (bicyclic) bond motifs is 4. The van der Waals surface area contributed by atoms with E-state index in [0.29, 0.717) is 17.3 Å². The molecule has 2 aliphatic heterocycles. The molecule has 10 atom stereocenters. The van der Waals surface area contributed by atoms with Crippen molar-refractivity contribution >= 4 is 50.5 Å². The molecule has 226 valence electrons. The highest BCUT2D eigenvalue weighted by Crippen LogP contribution is 2.50. The molecule has 0 spiro atoms. The molecule has 0 aromatic carbocycles. The molecule has 4 aromatic rings. The van der Waals surface area contributed by atoms with Gasteiger partial charge in [0.25, 0.3) is 5.56 Å². The number of hydrogen-bond acceptors (Lipinski definition) is 15. The van der Waals surface area contributed by atoms with E-state index in [2.05, 4.69) is 29.9 Å². The van der Waals surface area contributed by atoms with Crippen LogP contribution in [0.1, 0.15) is 19.4 Å². The molecule has 2 fully saturated rings. The van der Waals surface area contributed by atoms with Crippen molar-refractivity contribution in [3.05, 3.63) is 29.3 Å². The first kappa shape index (κ1) is 29.0. The summed E-state index contributed by atoms with van der Waals surface area (Å²) in [5.74, 6) is -0.398. The Morgan fingerprint density at radius 3 is 2.74 bits per heavy atom. The number of nitrogen functional groups attached to an aromatic ring is 2. The Morgan fingerprint density at radius 2 is 1.95 bits per heavy atom. The topological polar surface area (TPSA) is 291 Å². The monoisotopic (exact) mass is 625 g/mol. The first-order valence-corrected chi connectivity index (χ1v) is 15.5. The van der Waals surface area contributed by atoms with Crippen molar-refractivity contribution in [1.29, 1.82) is 0 Å². The third kappa shape index (κ3) is 5.06.